The number of hydrogen-bond acceptors (Lipinski definition) is 3. The number of ether oxygens (including phenoxy) is 1. The molecule has 2 amide bonds. The highest BCUT2D eigenvalue weighted by Gasteiger charge is 2.38. The van der Waals surface area contributed by atoms with Crippen molar-refractivity contribution < 1.29 is 14.3 Å². The number of aryl methyl sites for hydroxylation is 1. The highest BCUT2D eigenvalue weighted by atomic mass is 16.5. The molecule has 5 heteroatoms. The lowest BCUT2D eigenvalue weighted by molar-refractivity contribution is -0.130. The van der Waals surface area contributed by atoms with E-state index in [0.717, 1.165) is 11.3 Å². The summed E-state index contributed by atoms with van der Waals surface area (Å²) in [7, 11) is 1.62. The summed E-state index contributed by atoms with van der Waals surface area (Å²) in [6.45, 7) is 7.48. The van der Waals surface area contributed by atoms with Crippen LogP contribution in [-0.4, -0.2) is 49.6 Å². The van der Waals surface area contributed by atoms with Crippen LogP contribution in [0.2, 0.25) is 0 Å². The zero-order valence-corrected chi connectivity index (χ0v) is 14.4. The van der Waals surface area contributed by atoms with Gasteiger partial charge < -0.3 is 14.5 Å². The summed E-state index contributed by atoms with van der Waals surface area (Å²) in [6.07, 6.45) is 0.287. The fraction of sp³-hybridized carbons (Fsp3) is 0.556. The van der Waals surface area contributed by atoms with Crippen LogP contribution in [0.1, 0.15) is 25.8 Å². The summed E-state index contributed by atoms with van der Waals surface area (Å²) in [5, 5.41) is 0. The number of hydrogen-bond donors (Lipinski definition) is 0. The molecule has 0 radical (unpaired) electrons. The maximum atomic E-state index is 12.9. The molecule has 1 fully saturated rings. The van der Waals surface area contributed by atoms with Crippen LogP contribution in [0.4, 0.5) is 5.69 Å². The van der Waals surface area contributed by atoms with Crippen LogP contribution in [-0.2, 0) is 14.3 Å². The van der Waals surface area contributed by atoms with Crippen LogP contribution >= 0.6 is 0 Å². The molecule has 0 aromatic heterocycles. The van der Waals surface area contributed by atoms with Crippen LogP contribution in [0.15, 0.2) is 24.3 Å². The van der Waals surface area contributed by atoms with Gasteiger partial charge in [-0.2, -0.15) is 0 Å². The Morgan fingerprint density at radius 2 is 2.13 bits per heavy atom. The molecule has 0 aliphatic carbocycles. The number of amides is 2. The van der Waals surface area contributed by atoms with E-state index < -0.39 is 0 Å². The predicted octanol–water partition coefficient (Wildman–Crippen LogP) is 2.23. The smallest absolute Gasteiger partial charge is 0.232 e. The molecule has 1 aromatic carbocycles. The van der Waals surface area contributed by atoms with Gasteiger partial charge in [0.25, 0.3) is 0 Å². The first kappa shape index (κ1) is 17.5. The molecule has 2 rings (SSSR count). The van der Waals surface area contributed by atoms with Gasteiger partial charge in [0.1, 0.15) is 0 Å². The number of rotatable bonds is 6. The van der Waals surface area contributed by atoms with Gasteiger partial charge in [0, 0.05) is 32.3 Å². The molecule has 0 spiro atoms. The minimum Gasteiger partial charge on any atom is -0.383 e. The van der Waals surface area contributed by atoms with Gasteiger partial charge in [-0.05, 0) is 32.4 Å². The second-order valence-electron chi connectivity index (χ2n) is 6.12. The zero-order chi connectivity index (χ0) is 17.0. The predicted molar refractivity (Wildman–Crippen MR) is 90.4 cm³/mol. The van der Waals surface area contributed by atoms with Crippen molar-refractivity contribution in [3.8, 4) is 0 Å². The molecule has 23 heavy (non-hydrogen) atoms. The van der Waals surface area contributed by atoms with Gasteiger partial charge in [-0.3, -0.25) is 9.59 Å². The molecule has 0 N–H and O–H groups in total. The van der Waals surface area contributed by atoms with E-state index in [9.17, 15) is 9.59 Å². The lowest BCUT2D eigenvalue weighted by Gasteiger charge is -2.27. The molecular weight excluding hydrogens is 292 g/mol. The minimum atomic E-state index is -0.277. The fourth-order valence-electron chi connectivity index (χ4n) is 3.19. The molecule has 2 atom stereocenters. The largest absolute Gasteiger partial charge is 0.383 e. The highest BCUT2D eigenvalue weighted by Crippen LogP contribution is 2.26. The lowest BCUT2D eigenvalue weighted by Crippen LogP contribution is -2.40. The van der Waals surface area contributed by atoms with Crippen molar-refractivity contribution >= 4 is 17.5 Å². The number of anilines is 1. The Morgan fingerprint density at radius 3 is 2.74 bits per heavy atom. The maximum Gasteiger partial charge on any atom is 0.232 e. The third-order valence-electron chi connectivity index (χ3n) is 4.44. The first-order valence-corrected chi connectivity index (χ1v) is 8.15. The fourth-order valence-corrected chi connectivity index (χ4v) is 3.19. The van der Waals surface area contributed by atoms with Crippen molar-refractivity contribution in [2.75, 3.05) is 31.7 Å². The van der Waals surface area contributed by atoms with E-state index in [1.54, 1.807) is 16.9 Å². The molecule has 0 bridgehead atoms. The van der Waals surface area contributed by atoms with Gasteiger partial charge in [0.2, 0.25) is 11.8 Å². The van der Waals surface area contributed by atoms with E-state index in [-0.39, 0.29) is 30.2 Å². The van der Waals surface area contributed by atoms with Crippen molar-refractivity contribution in [3.05, 3.63) is 29.8 Å². The summed E-state index contributed by atoms with van der Waals surface area (Å²) >= 11 is 0. The number of carbonyl (C=O) groups is 2. The Kier molecular flexibility index (Phi) is 5.77. The molecule has 1 aliphatic rings. The summed E-state index contributed by atoms with van der Waals surface area (Å²) < 4.78 is 5.12. The van der Waals surface area contributed by atoms with Crippen LogP contribution < -0.4 is 4.90 Å². The number of benzene rings is 1. The van der Waals surface area contributed by atoms with Gasteiger partial charge in [-0.15, -0.1) is 0 Å². The minimum absolute atomic E-state index is 0.00108. The molecule has 0 saturated carbocycles. The van der Waals surface area contributed by atoms with Crippen LogP contribution in [0.25, 0.3) is 0 Å². The van der Waals surface area contributed by atoms with E-state index in [1.165, 1.54) is 0 Å². The Bertz CT molecular complexity index is 573. The summed E-state index contributed by atoms with van der Waals surface area (Å²) in [5.41, 5.74) is 1.99. The Hall–Kier alpha value is -1.88. The van der Waals surface area contributed by atoms with Gasteiger partial charge in [0.05, 0.1) is 18.6 Å². The van der Waals surface area contributed by atoms with Crippen molar-refractivity contribution in [2.45, 2.75) is 33.2 Å². The number of likely N-dealkylation sites (tertiary alicyclic amines) is 1. The lowest BCUT2D eigenvalue weighted by atomic mass is 10.1. The molecule has 1 heterocycles. The normalized spacial score (nSPS) is 19.0. The second-order valence-corrected chi connectivity index (χ2v) is 6.12. The van der Waals surface area contributed by atoms with Gasteiger partial charge in [0.15, 0.2) is 0 Å². The van der Waals surface area contributed by atoms with E-state index in [0.29, 0.717) is 19.7 Å². The number of carbonyl (C=O) groups excluding carboxylic acids is 2. The van der Waals surface area contributed by atoms with E-state index in [2.05, 4.69) is 0 Å². The average Bonchev–Trinajstić information content (AvgIpc) is 2.92. The standard InChI is InChI=1S/C18H26N2O3/c1-5-19(16-9-7-6-8-13(16)2)18(22)15-10-17(21)20(11-15)14(3)12-23-4/h6-9,14-15H,5,10-12H2,1-4H3/t14-,15+/m0/s1. The SMILES string of the molecule is CCN(C(=O)[C@@H]1CC(=O)N([C@@H](C)COC)C1)c1ccccc1C. The van der Waals surface area contributed by atoms with E-state index in [1.807, 2.05) is 45.0 Å². The number of para-hydroxylation sites is 1. The molecule has 1 aliphatic heterocycles. The zero-order valence-electron chi connectivity index (χ0n) is 14.4. The van der Waals surface area contributed by atoms with E-state index in [4.69, 9.17) is 4.74 Å². The first-order chi connectivity index (χ1) is 11.0. The van der Waals surface area contributed by atoms with E-state index >= 15 is 0 Å². The molecule has 0 unspecified atom stereocenters. The summed E-state index contributed by atoms with van der Waals surface area (Å²) in [5.74, 6) is -0.211. The highest BCUT2D eigenvalue weighted by molar-refractivity contribution is 5.99. The van der Waals surface area contributed by atoms with Crippen LogP contribution in [0.5, 0.6) is 0 Å². The van der Waals surface area contributed by atoms with Crippen molar-refractivity contribution in [1.82, 2.24) is 4.90 Å². The van der Waals surface area contributed by atoms with Crippen molar-refractivity contribution in [1.29, 1.82) is 0 Å². The Balaban J connectivity index is 2.14. The van der Waals surface area contributed by atoms with Crippen LogP contribution in [0, 0.1) is 12.8 Å². The molecule has 126 valence electrons. The van der Waals surface area contributed by atoms with Gasteiger partial charge in [-0.1, -0.05) is 18.2 Å². The van der Waals surface area contributed by atoms with Crippen molar-refractivity contribution in [2.24, 2.45) is 5.92 Å². The van der Waals surface area contributed by atoms with Gasteiger partial charge >= 0.3 is 0 Å². The first-order valence-electron chi connectivity index (χ1n) is 8.15. The average molecular weight is 318 g/mol. The molecular formula is C18H26N2O3. The van der Waals surface area contributed by atoms with Crippen molar-refractivity contribution in [3.63, 3.8) is 0 Å². The number of nitrogens with zero attached hydrogens (tertiary/aromatic N) is 2. The van der Waals surface area contributed by atoms with Gasteiger partial charge in [-0.25, -0.2) is 0 Å². The third kappa shape index (κ3) is 3.72. The molecule has 1 saturated heterocycles. The Labute approximate surface area is 138 Å². The quantitative estimate of drug-likeness (QED) is 0.808. The topological polar surface area (TPSA) is 49.9 Å². The third-order valence-corrected chi connectivity index (χ3v) is 4.44. The monoisotopic (exact) mass is 318 g/mol. The van der Waals surface area contributed by atoms with Crippen LogP contribution in [0.3, 0.4) is 0 Å². The summed E-state index contributed by atoms with van der Waals surface area (Å²) in [4.78, 5) is 28.7. The Morgan fingerprint density at radius 1 is 1.43 bits per heavy atom. The summed E-state index contributed by atoms with van der Waals surface area (Å²) in [6, 6.07) is 7.85. The molecule has 5 nitrogen and oxygen atoms in total. The molecule has 1 aromatic rings. The maximum absolute atomic E-state index is 12.9. The number of methoxy groups -OCH3 is 1. The second kappa shape index (κ2) is 7.59.